The fourth-order valence-corrected chi connectivity index (χ4v) is 2.11. The molecular weight excluding hydrogens is 258 g/mol. The Labute approximate surface area is 120 Å². The number of rotatable bonds is 3. The van der Waals surface area contributed by atoms with Crippen molar-refractivity contribution >= 4 is 12.0 Å². The van der Waals surface area contributed by atoms with Crippen LogP contribution in [0, 0.1) is 0 Å². The number of likely N-dealkylation sites (N-methyl/N-ethyl adjacent to an activating group) is 1. The normalized spacial score (nSPS) is 17.9. The number of alkyl carbamates (subject to hydrolysis) is 1. The molecule has 114 valence electrons. The molecule has 2 N–H and O–H groups in total. The summed E-state index contributed by atoms with van der Waals surface area (Å²) in [6.45, 7) is 7.87. The molecule has 0 spiro atoms. The van der Waals surface area contributed by atoms with Crippen molar-refractivity contribution in [3.05, 3.63) is 11.3 Å². The first-order valence-electron chi connectivity index (χ1n) is 6.81. The third kappa shape index (κ3) is 4.15. The molecule has 20 heavy (non-hydrogen) atoms. The van der Waals surface area contributed by atoms with Gasteiger partial charge in [0.15, 0.2) is 0 Å². The second-order valence-corrected chi connectivity index (χ2v) is 5.99. The number of carbonyl (C=O) groups excluding carboxylic acids is 2. The zero-order valence-electron chi connectivity index (χ0n) is 13.2. The van der Waals surface area contributed by atoms with Crippen LogP contribution in [0.3, 0.4) is 0 Å². The monoisotopic (exact) mass is 283 g/mol. The Balaban J connectivity index is 2.83. The average molecular weight is 283 g/mol. The van der Waals surface area contributed by atoms with Crippen LogP contribution in [0.1, 0.15) is 34.1 Å². The van der Waals surface area contributed by atoms with Gasteiger partial charge in [-0.05, 0) is 27.7 Å². The molecule has 0 aromatic heterocycles. The molecule has 1 aliphatic heterocycles. The Kier molecular flexibility index (Phi) is 5.03. The number of nitrogens with one attached hydrogen (secondary N) is 2. The Morgan fingerprint density at radius 1 is 1.40 bits per heavy atom. The van der Waals surface area contributed by atoms with Crippen molar-refractivity contribution in [3.8, 4) is 0 Å². The molecule has 0 saturated carbocycles. The van der Waals surface area contributed by atoms with Crippen LogP contribution in [0.15, 0.2) is 11.3 Å². The van der Waals surface area contributed by atoms with Crippen molar-refractivity contribution in [2.75, 3.05) is 20.6 Å². The molecule has 0 radical (unpaired) electrons. The standard InChI is InChI=1S/C14H25N3O3/c1-9(16-13(19)20-14(2,3)4)11-10(15-5)7-8-17(6)12(11)18/h9,15H,7-8H2,1-6H3,(H,16,19). The third-order valence-electron chi connectivity index (χ3n) is 3.07. The van der Waals surface area contributed by atoms with Crippen molar-refractivity contribution in [3.63, 3.8) is 0 Å². The third-order valence-corrected chi connectivity index (χ3v) is 3.07. The van der Waals surface area contributed by atoms with E-state index in [0.717, 1.165) is 12.1 Å². The van der Waals surface area contributed by atoms with E-state index in [1.165, 1.54) is 0 Å². The van der Waals surface area contributed by atoms with Crippen LogP contribution in [0.2, 0.25) is 0 Å². The second-order valence-electron chi connectivity index (χ2n) is 5.99. The minimum absolute atomic E-state index is 0.0656. The largest absolute Gasteiger partial charge is 0.444 e. The number of carbonyl (C=O) groups is 2. The van der Waals surface area contributed by atoms with Crippen LogP contribution in [0.4, 0.5) is 4.79 Å². The summed E-state index contributed by atoms with van der Waals surface area (Å²) < 4.78 is 5.21. The molecule has 1 unspecified atom stereocenters. The van der Waals surface area contributed by atoms with Gasteiger partial charge >= 0.3 is 6.09 Å². The van der Waals surface area contributed by atoms with E-state index in [0.29, 0.717) is 12.1 Å². The molecular formula is C14H25N3O3. The maximum atomic E-state index is 12.2. The van der Waals surface area contributed by atoms with E-state index in [9.17, 15) is 9.59 Å². The van der Waals surface area contributed by atoms with E-state index < -0.39 is 17.7 Å². The Morgan fingerprint density at radius 2 is 2.00 bits per heavy atom. The van der Waals surface area contributed by atoms with Gasteiger partial charge in [-0.2, -0.15) is 0 Å². The van der Waals surface area contributed by atoms with Crippen LogP contribution in [0.25, 0.3) is 0 Å². The van der Waals surface area contributed by atoms with Crippen molar-refractivity contribution in [2.24, 2.45) is 0 Å². The quantitative estimate of drug-likeness (QED) is 0.817. The van der Waals surface area contributed by atoms with Gasteiger partial charge in [0, 0.05) is 32.8 Å². The summed E-state index contributed by atoms with van der Waals surface area (Å²) >= 11 is 0. The first kappa shape index (κ1) is 16.3. The molecule has 1 rings (SSSR count). The predicted molar refractivity (Wildman–Crippen MR) is 77.2 cm³/mol. The Morgan fingerprint density at radius 3 is 2.50 bits per heavy atom. The van der Waals surface area contributed by atoms with E-state index in [2.05, 4.69) is 10.6 Å². The van der Waals surface area contributed by atoms with Gasteiger partial charge < -0.3 is 20.3 Å². The highest BCUT2D eigenvalue weighted by Gasteiger charge is 2.30. The lowest BCUT2D eigenvalue weighted by atomic mass is 9.99. The Bertz CT molecular complexity index is 424. The number of hydrogen-bond donors (Lipinski definition) is 2. The highest BCUT2D eigenvalue weighted by atomic mass is 16.6. The maximum Gasteiger partial charge on any atom is 0.408 e. The van der Waals surface area contributed by atoms with Gasteiger partial charge in [-0.1, -0.05) is 0 Å². The molecule has 0 fully saturated rings. The molecule has 6 heteroatoms. The lowest BCUT2D eigenvalue weighted by molar-refractivity contribution is -0.126. The van der Waals surface area contributed by atoms with Gasteiger partial charge in [0.2, 0.25) is 0 Å². The van der Waals surface area contributed by atoms with Gasteiger partial charge in [-0.15, -0.1) is 0 Å². The first-order chi connectivity index (χ1) is 9.15. The lowest BCUT2D eigenvalue weighted by Gasteiger charge is -2.31. The molecule has 0 saturated heterocycles. The van der Waals surface area contributed by atoms with Crippen molar-refractivity contribution < 1.29 is 14.3 Å². The minimum Gasteiger partial charge on any atom is -0.444 e. The van der Waals surface area contributed by atoms with E-state index >= 15 is 0 Å². The fraction of sp³-hybridized carbons (Fsp3) is 0.714. The number of hydrogen-bond acceptors (Lipinski definition) is 4. The van der Waals surface area contributed by atoms with Crippen molar-refractivity contribution in [1.29, 1.82) is 0 Å². The molecule has 0 aliphatic carbocycles. The summed E-state index contributed by atoms with van der Waals surface area (Å²) in [7, 11) is 3.54. The molecule has 0 bridgehead atoms. The maximum absolute atomic E-state index is 12.2. The smallest absolute Gasteiger partial charge is 0.408 e. The van der Waals surface area contributed by atoms with Crippen LogP contribution in [0.5, 0.6) is 0 Å². The van der Waals surface area contributed by atoms with Gasteiger partial charge in [0.05, 0.1) is 11.6 Å². The molecule has 6 nitrogen and oxygen atoms in total. The number of ether oxygens (including phenoxy) is 1. The predicted octanol–water partition coefficient (Wildman–Crippen LogP) is 1.24. The van der Waals surface area contributed by atoms with E-state index in [-0.39, 0.29) is 5.91 Å². The Hall–Kier alpha value is -1.72. The van der Waals surface area contributed by atoms with Gasteiger partial charge in [-0.25, -0.2) is 4.79 Å². The minimum atomic E-state index is -0.558. The summed E-state index contributed by atoms with van der Waals surface area (Å²) in [6.07, 6.45) is 0.239. The SMILES string of the molecule is CNC1=C(C(C)NC(=O)OC(C)(C)C)C(=O)N(C)CC1. The second kappa shape index (κ2) is 6.15. The number of nitrogens with zero attached hydrogens (tertiary/aromatic N) is 1. The summed E-state index contributed by atoms with van der Waals surface area (Å²) in [5.41, 5.74) is 0.904. The van der Waals surface area contributed by atoms with Crippen LogP contribution in [-0.2, 0) is 9.53 Å². The highest BCUT2D eigenvalue weighted by molar-refractivity contribution is 5.96. The van der Waals surface area contributed by atoms with Crippen LogP contribution in [-0.4, -0.2) is 49.2 Å². The van der Waals surface area contributed by atoms with E-state index in [1.54, 1.807) is 46.7 Å². The molecule has 1 atom stereocenters. The number of amides is 2. The average Bonchev–Trinajstić information content (AvgIpc) is 2.29. The summed E-state index contributed by atoms with van der Waals surface area (Å²) in [5.74, 6) is -0.0656. The summed E-state index contributed by atoms with van der Waals surface area (Å²) in [5, 5.41) is 5.76. The summed E-state index contributed by atoms with van der Waals surface area (Å²) in [6, 6.07) is -0.400. The molecule has 1 heterocycles. The molecule has 1 aliphatic rings. The zero-order chi connectivity index (χ0) is 15.5. The first-order valence-corrected chi connectivity index (χ1v) is 6.81. The summed E-state index contributed by atoms with van der Waals surface area (Å²) in [4.78, 5) is 25.7. The fourth-order valence-electron chi connectivity index (χ4n) is 2.11. The van der Waals surface area contributed by atoms with Crippen molar-refractivity contribution in [1.82, 2.24) is 15.5 Å². The zero-order valence-corrected chi connectivity index (χ0v) is 13.2. The van der Waals surface area contributed by atoms with Crippen LogP contribution < -0.4 is 10.6 Å². The topological polar surface area (TPSA) is 70.7 Å². The lowest BCUT2D eigenvalue weighted by Crippen LogP contribution is -2.46. The van der Waals surface area contributed by atoms with E-state index in [4.69, 9.17) is 4.74 Å². The van der Waals surface area contributed by atoms with Gasteiger partial charge in [0.1, 0.15) is 5.60 Å². The van der Waals surface area contributed by atoms with E-state index in [1.807, 2.05) is 0 Å². The molecule has 2 amide bonds. The molecule has 0 aromatic rings. The molecule has 0 aromatic carbocycles. The highest BCUT2D eigenvalue weighted by Crippen LogP contribution is 2.19. The van der Waals surface area contributed by atoms with Gasteiger partial charge in [-0.3, -0.25) is 4.79 Å². The van der Waals surface area contributed by atoms with Gasteiger partial charge in [0.25, 0.3) is 5.91 Å². The van der Waals surface area contributed by atoms with Crippen molar-refractivity contribution in [2.45, 2.75) is 45.8 Å². The van der Waals surface area contributed by atoms with Crippen LogP contribution >= 0.6 is 0 Å².